The van der Waals surface area contributed by atoms with Crippen LogP contribution in [-0.2, 0) is 0 Å². The summed E-state index contributed by atoms with van der Waals surface area (Å²) in [5.74, 6) is 1.04. The molecule has 0 heteroatoms. The first-order valence-corrected chi connectivity index (χ1v) is 12.3. The molecule has 152 valence electrons. The van der Waals surface area contributed by atoms with E-state index in [4.69, 9.17) is 0 Å². The van der Waals surface area contributed by atoms with E-state index in [1.165, 1.54) is 135 Å². The SMILES string of the molecule is CCCCCCCCCCCCCC(CCCCC)CCCCCC. The molecule has 0 saturated heterocycles. The maximum Gasteiger partial charge on any atom is -0.0414 e. The first kappa shape index (κ1) is 25.0. The summed E-state index contributed by atoms with van der Waals surface area (Å²) >= 11 is 0. The molecule has 0 fully saturated rings. The average molecular weight is 353 g/mol. The van der Waals surface area contributed by atoms with Crippen molar-refractivity contribution >= 4 is 0 Å². The third kappa shape index (κ3) is 20.2. The van der Waals surface area contributed by atoms with Crippen LogP contribution in [0.1, 0.15) is 156 Å². The van der Waals surface area contributed by atoms with Crippen LogP contribution < -0.4 is 0 Å². The van der Waals surface area contributed by atoms with Crippen molar-refractivity contribution in [2.24, 2.45) is 5.92 Å². The Kier molecular flexibility index (Phi) is 22.0. The van der Waals surface area contributed by atoms with Gasteiger partial charge < -0.3 is 0 Å². The molecule has 0 radical (unpaired) electrons. The first-order chi connectivity index (χ1) is 12.3. The van der Waals surface area contributed by atoms with Gasteiger partial charge in [0.15, 0.2) is 0 Å². The van der Waals surface area contributed by atoms with Gasteiger partial charge in [-0.3, -0.25) is 0 Å². The number of unbranched alkanes of at least 4 members (excludes halogenated alkanes) is 15. The summed E-state index contributed by atoms with van der Waals surface area (Å²) in [4.78, 5) is 0. The predicted octanol–water partition coefficient (Wildman–Crippen LogP) is 9.85. The minimum atomic E-state index is 1.04. The van der Waals surface area contributed by atoms with Crippen LogP contribution >= 0.6 is 0 Å². The third-order valence-electron chi connectivity index (χ3n) is 5.90. The van der Waals surface area contributed by atoms with Gasteiger partial charge in [0.2, 0.25) is 0 Å². The van der Waals surface area contributed by atoms with Crippen molar-refractivity contribution in [1.82, 2.24) is 0 Å². The van der Waals surface area contributed by atoms with Crippen LogP contribution in [0.5, 0.6) is 0 Å². The fourth-order valence-electron chi connectivity index (χ4n) is 4.07. The van der Waals surface area contributed by atoms with E-state index in [-0.39, 0.29) is 0 Å². The van der Waals surface area contributed by atoms with Gasteiger partial charge in [-0.2, -0.15) is 0 Å². The Bertz CT molecular complexity index is 220. The minimum Gasteiger partial charge on any atom is -0.0654 e. The average Bonchev–Trinajstić information content (AvgIpc) is 2.62. The van der Waals surface area contributed by atoms with E-state index >= 15 is 0 Å². The van der Waals surface area contributed by atoms with Gasteiger partial charge in [0.25, 0.3) is 0 Å². The Labute approximate surface area is 161 Å². The fraction of sp³-hybridized carbons (Fsp3) is 1.00. The Hall–Kier alpha value is 0. The maximum absolute atomic E-state index is 2.33. The van der Waals surface area contributed by atoms with E-state index in [9.17, 15) is 0 Å². The van der Waals surface area contributed by atoms with Crippen molar-refractivity contribution in [3.8, 4) is 0 Å². The summed E-state index contributed by atoms with van der Waals surface area (Å²) in [7, 11) is 0. The molecule has 0 aliphatic rings. The highest BCUT2D eigenvalue weighted by atomic mass is 14.1. The molecule has 0 spiro atoms. The zero-order valence-corrected chi connectivity index (χ0v) is 18.4. The normalized spacial score (nSPS) is 12.6. The topological polar surface area (TPSA) is 0 Å². The van der Waals surface area contributed by atoms with Gasteiger partial charge in [0, 0.05) is 0 Å². The van der Waals surface area contributed by atoms with Crippen LogP contribution in [-0.4, -0.2) is 0 Å². The van der Waals surface area contributed by atoms with Crippen LogP contribution in [0.15, 0.2) is 0 Å². The largest absolute Gasteiger partial charge is 0.0654 e. The molecular formula is C25H52. The van der Waals surface area contributed by atoms with Crippen molar-refractivity contribution in [3.05, 3.63) is 0 Å². The Balaban J connectivity index is 3.51. The molecule has 1 atom stereocenters. The minimum absolute atomic E-state index is 1.04. The lowest BCUT2D eigenvalue weighted by Gasteiger charge is -2.16. The molecule has 0 aromatic rings. The van der Waals surface area contributed by atoms with E-state index in [1.54, 1.807) is 0 Å². The van der Waals surface area contributed by atoms with Crippen molar-refractivity contribution in [2.45, 2.75) is 156 Å². The molecule has 0 aliphatic carbocycles. The highest BCUT2D eigenvalue weighted by molar-refractivity contribution is 4.61. The van der Waals surface area contributed by atoms with E-state index in [0.717, 1.165) is 5.92 Å². The summed E-state index contributed by atoms with van der Waals surface area (Å²) in [5.41, 5.74) is 0. The van der Waals surface area contributed by atoms with Crippen molar-refractivity contribution < 1.29 is 0 Å². The van der Waals surface area contributed by atoms with Crippen LogP contribution in [0, 0.1) is 5.92 Å². The lowest BCUT2D eigenvalue weighted by Crippen LogP contribution is -2.01. The summed E-state index contributed by atoms with van der Waals surface area (Å²) in [5, 5.41) is 0. The van der Waals surface area contributed by atoms with Crippen LogP contribution in [0.4, 0.5) is 0 Å². The predicted molar refractivity (Wildman–Crippen MR) is 117 cm³/mol. The molecular weight excluding hydrogens is 300 g/mol. The Morgan fingerprint density at radius 3 is 0.960 bits per heavy atom. The standard InChI is InChI=1S/C25H52/c1-4-7-10-12-13-14-15-16-17-18-21-24-25(22-19-9-6-3)23-20-11-8-5-2/h25H,4-24H2,1-3H3. The monoisotopic (exact) mass is 352 g/mol. The molecule has 0 nitrogen and oxygen atoms in total. The number of rotatable bonds is 21. The second-order valence-corrected chi connectivity index (χ2v) is 8.54. The summed E-state index contributed by atoms with van der Waals surface area (Å²) in [6.45, 7) is 6.96. The fourth-order valence-corrected chi connectivity index (χ4v) is 4.07. The van der Waals surface area contributed by atoms with Crippen molar-refractivity contribution in [1.29, 1.82) is 0 Å². The van der Waals surface area contributed by atoms with Crippen molar-refractivity contribution in [3.63, 3.8) is 0 Å². The van der Waals surface area contributed by atoms with Crippen molar-refractivity contribution in [2.75, 3.05) is 0 Å². The molecule has 25 heavy (non-hydrogen) atoms. The Morgan fingerprint density at radius 1 is 0.320 bits per heavy atom. The van der Waals surface area contributed by atoms with E-state index < -0.39 is 0 Å². The van der Waals surface area contributed by atoms with Gasteiger partial charge in [-0.1, -0.05) is 156 Å². The van der Waals surface area contributed by atoms with E-state index in [1.807, 2.05) is 0 Å². The lowest BCUT2D eigenvalue weighted by atomic mass is 9.90. The van der Waals surface area contributed by atoms with Gasteiger partial charge in [-0.15, -0.1) is 0 Å². The summed E-state index contributed by atoms with van der Waals surface area (Å²) < 4.78 is 0. The van der Waals surface area contributed by atoms with Gasteiger partial charge in [0.05, 0.1) is 0 Å². The molecule has 0 saturated carbocycles. The molecule has 1 unspecified atom stereocenters. The number of hydrogen-bond acceptors (Lipinski definition) is 0. The molecule has 0 aromatic heterocycles. The second-order valence-electron chi connectivity index (χ2n) is 8.54. The van der Waals surface area contributed by atoms with Gasteiger partial charge >= 0.3 is 0 Å². The van der Waals surface area contributed by atoms with Gasteiger partial charge in [-0.05, 0) is 5.92 Å². The zero-order valence-electron chi connectivity index (χ0n) is 18.4. The molecule has 0 heterocycles. The molecule has 0 aliphatic heterocycles. The van der Waals surface area contributed by atoms with Crippen LogP contribution in [0.2, 0.25) is 0 Å². The highest BCUT2D eigenvalue weighted by Gasteiger charge is 2.08. The molecule has 0 rings (SSSR count). The summed E-state index contributed by atoms with van der Waals surface area (Å²) in [6.07, 6.45) is 30.8. The van der Waals surface area contributed by atoms with Crippen LogP contribution in [0.3, 0.4) is 0 Å². The van der Waals surface area contributed by atoms with Gasteiger partial charge in [0.1, 0.15) is 0 Å². The molecule has 0 amide bonds. The number of hydrogen-bond donors (Lipinski definition) is 0. The first-order valence-electron chi connectivity index (χ1n) is 12.3. The molecule has 0 N–H and O–H groups in total. The quantitative estimate of drug-likeness (QED) is 0.180. The molecule has 0 bridgehead atoms. The smallest absolute Gasteiger partial charge is 0.0414 e. The summed E-state index contributed by atoms with van der Waals surface area (Å²) in [6, 6.07) is 0. The molecule has 0 aromatic carbocycles. The Morgan fingerprint density at radius 2 is 0.560 bits per heavy atom. The van der Waals surface area contributed by atoms with E-state index in [2.05, 4.69) is 20.8 Å². The lowest BCUT2D eigenvalue weighted by molar-refractivity contribution is 0.368. The maximum atomic E-state index is 2.33. The van der Waals surface area contributed by atoms with Crippen LogP contribution in [0.25, 0.3) is 0 Å². The zero-order chi connectivity index (χ0) is 18.4. The van der Waals surface area contributed by atoms with E-state index in [0.29, 0.717) is 0 Å². The third-order valence-corrected chi connectivity index (χ3v) is 5.90. The highest BCUT2D eigenvalue weighted by Crippen LogP contribution is 2.24. The van der Waals surface area contributed by atoms with Gasteiger partial charge in [-0.25, -0.2) is 0 Å². The second kappa shape index (κ2) is 22.0.